The highest BCUT2D eigenvalue weighted by Crippen LogP contribution is 2.42. The minimum atomic E-state index is 0.486. The van der Waals surface area contributed by atoms with Gasteiger partial charge in [-0.25, -0.2) is 89.7 Å². The Morgan fingerprint density at radius 3 is 0.700 bits per heavy atom. The molecule has 90 heavy (non-hydrogen) atoms. The number of nitrogens with zero attached hydrogens (tertiary/aromatic N) is 18. The molecule has 0 fully saturated rings. The summed E-state index contributed by atoms with van der Waals surface area (Å²) in [5.74, 6) is 0. The highest BCUT2D eigenvalue weighted by Gasteiger charge is 2.24. The van der Waals surface area contributed by atoms with Crippen molar-refractivity contribution in [3.63, 3.8) is 0 Å². The Hall–Kier alpha value is -13.0. The second kappa shape index (κ2) is 15.7. The third kappa shape index (κ3) is 5.90. The molecular formula is C72H28N18. The Labute approximate surface area is 499 Å². The van der Waals surface area contributed by atoms with Crippen LogP contribution in [0.25, 0.3) is 242 Å². The monoisotopic (exact) mass is 1140 g/mol. The molecule has 14 aromatic heterocycles. The van der Waals surface area contributed by atoms with Gasteiger partial charge in [-0.3, -0.25) is 0 Å². The van der Waals surface area contributed by atoms with Gasteiger partial charge in [-0.2, -0.15) is 0 Å². The minimum Gasteiger partial charge on any atom is -0.244 e. The zero-order chi connectivity index (χ0) is 57.9. The van der Waals surface area contributed by atoms with Crippen LogP contribution in [0.1, 0.15) is 0 Å². The van der Waals surface area contributed by atoms with Crippen LogP contribution < -0.4 is 0 Å². The van der Waals surface area contributed by atoms with Gasteiger partial charge < -0.3 is 0 Å². The Morgan fingerprint density at radius 1 is 0.122 bits per heavy atom. The van der Waals surface area contributed by atoms with E-state index in [0.717, 1.165) is 76.5 Å². The summed E-state index contributed by atoms with van der Waals surface area (Å²) in [6, 6.07) is 56.7. The number of hydrogen-bond acceptors (Lipinski definition) is 18. The maximum absolute atomic E-state index is 5.68. The molecule has 24 bridgehead atoms. The van der Waals surface area contributed by atoms with E-state index in [2.05, 4.69) is 78.9 Å². The molecule has 18 heteroatoms. The van der Waals surface area contributed by atoms with Crippen LogP contribution in [0.3, 0.4) is 0 Å². The Morgan fingerprint density at radius 2 is 0.344 bits per heavy atom. The number of pyridine rings is 6. The van der Waals surface area contributed by atoms with Crippen LogP contribution in [0.4, 0.5) is 0 Å². The second-order valence-corrected chi connectivity index (χ2v) is 23.3. The van der Waals surface area contributed by atoms with Crippen molar-refractivity contribution in [2.75, 3.05) is 0 Å². The van der Waals surface area contributed by atoms with Gasteiger partial charge in [0.05, 0.1) is 132 Å². The van der Waals surface area contributed by atoms with Crippen LogP contribution in [-0.4, -0.2) is 89.7 Å². The van der Waals surface area contributed by atoms with Crippen molar-refractivity contribution >= 4 is 231 Å². The molecule has 0 radical (unpaired) electrons. The van der Waals surface area contributed by atoms with E-state index in [9.17, 15) is 0 Å². The molecule has 0 amide bonds. The molecule has 0 aliphatic heterocycles. The molecule has 23 rings (SSSR count). The van der Waals surface area contributed by atoms with Gasteiger partial charge in [-0.05, 0) is 109 Å². The van der Waals surface area contributed by atoms with Gasteiger partial charge in [-0.15, -0.1) is 0 Å². The summed E-state index contributed by atoms with van der Waals surface area (Å²) in [5, 5.41) is 5.51. The van der Waals surface area contributed by atoms with Crippen molar-refractivity contribution in [2.24, 2.45) is 0 Å². The molecule has 0 saturated carbocycles. The summed E-state index contributed by atoms with van der Waals surface area (Å²) in [7, 11) is 0. The van der Waals surface area contributed by atoms with Gasteiger partial charge in [0.1, 0.15) is 66.2 Å². The molecule has 0 aliphatic carbocycles. The van der Waals surface area contributed by atoms with Crippen molar-refractivity contribution in [1.29, 1.82) is 0 Å². The Balaban J connectivity index is 0.894. The number of aromatic nitrogens is 18. The maximum Gasteiger partial charge on any atom is 0.118 e. The van der Waals surface area contributed by atoms with Crippen LogP contribution in [0.5, 0.6) is 0 Å². The molecule has 9 aromatic carbocycles. The van der Waals surface area contributed by atoms with Crippen molar-refractivity contribution < 1.29 is 0 Å². The topological polar surface area (TPSA) is 232 Å². The first-order chi connectivity index (χ1) is 44.4. The number of rotatable bonds is 1. The van der Waals surface area contributed by atoms with E-state index in [0.29, 0.717) is 166 Å². The summed E-state index contributed by atoms with van der Waals surface area (Å²) < 4.78 is 0. The summed E-state index contributed by atoms with van der Waals surface area (Å²) in [5.41, 5.74) is 24.0. The smallest absolute Gasteiger partial charge is 0.118 e. The summed E-state index contributed by atoms with van der Waals surface area (Å²) >= 11 is 0. The third-order valence-electron chi connectivity index (χ3n) is 18.3. The number of hydrogen-bond donors (Lipinski definition) is 0. The van der Waals surface area contributed by atoms with E-state index in [1.54, 1.807) is 0 Å². The van der Waals surface area contributed by atoms with Gasteiger partial charge in [0, 0.05) is 37.9 Å². The third-order valence-corrected chi connectivity index (χ3v) is 18.3. The molecule has 0 saturated heterocycles. The second-order valence-electron chi connectivity index (χ2n) is 23.3. The van der Waals surface area contributed by atoms with Crippen molar-refractivity contribution in [3.8, 4) is 11.1 Å². The maximum atomic E-state index is 5.68. The standard InChI is InChI=1S/C72H28N18/c1-2-30-8-14-39-40-15-9-33-5-11-34-35(27-52(84-59(34)58(33)81-40)41-16-10-32-4-3-31-7-13-38(79-56(31)57(32)82-41)37-12-6-29(1)54(78-37)55(30)80-39)36-28-53-71-72-60(36)83-51-26-25-49-68(70(51)90-72)88-66-47(76-49)22-21-46-65(66)86-62-43(74-46)18-17-42-61(62)85-63-44(73-42)19-20-45-64(63)87-67-48(75-45)23-24-50(77-53)69(67)89-71/h1-28H. The number of benzene rings is 9. The molecular weight excluding hydrogens is 1120 g/mol. The number of fused-ring (bicyclic) bond motifs is 9. The van der Waals surface area contributed by atoms with Crippen LogP contribution in [0, 0.1) is 0 Å². The first-order valence-electron chi connectivity index (χ1n) is 29.3. The quantitative estimate of drug-likeness (QED) is 0.110. The van der Waals surface area contributed by atoms with Crippen LogP contribution >= 0.6 is 0 Å². The largest absolute Gasteiger partial charge is 0.244 e. The predicted octanol–water partition coefficient (Wildman–Crippen LogP) is 15.0. The molecule has 406 valence electrons. The van der Waals surface area contributed by atoms with Crippen molar-refractivity contribution in [3.05, 3.63) is 170 Å². The fourth-order valence-corrected chi connectivity index (χ4v) is 14.0. The van der Waals surface area contributed by atoms with E-state index in [1.165, 1.54) is 0 Å². The molecule has 0 spiro atoms. The first kappa shape index (κ1) is 45.4. The molecule has 23 aromatic rings. The lowest BCUT2D eigenvalue weighted by Crippen LogP contribution is -2.00. The molecule has 18 nitrogen and oxygen atoms in total. The van der Waals surface area contributed by atoms with E-state index in [4.69, 9.17) is 89.7 Å². The highest BCUT2D eigenvalue weighted by atomic mass is 15.0. The fourth-order valence-electron chi connectivity index (χ4n) is 14.0. The van der Waals surface area contributed by atoms with Crippen LogP contribution in [-0.2, 0) is 0 Å². The van der Waals surface area contributed by atoms with Gasteiger partial charge >= 0.3 is 0 Å². The minimum absolute atomic E-state index is 0.486. The van der Waals surface area contributed by atoms with E-state index in [-0.39, 0.29) is 0 Å². The summed E-state index contributed by atoms with van der Waals surface area (Å²) in [6.45, 7) is 0. The van der Waals surface area contributed by atoms with Crippen molar-refractivity contribution in [1.82, 2.24) is 89.7 Å². The normalized spacial score (nSPS) is 12.9. The SMILES string of the molecule is c1cc2ccc3nc2c2nc(ccc12)c1ccc2ccc4ccc(nc4c2n1)c1cc(-c2cc4nc5ccc6nc7ccc8nc9ccc%10nc%11ccc%12nc%13ccc%14nc2c2nc%14c%13nc%12c%11nc%10c9nc8c7nc6c5nc42)c2ccc4ccc3nc4c2n1. The molecule has 0 N–H and O–H groups in total. The average Bonchev–Trinajstić information content (AvgIpc) is 0.747. The van der Waals surface area contributed by atoms with Gasteiger partial charge in [0.25, 0.3) is 0 Å². The lowest BCUT2D eigenvalue weighted by Gasteiger charge is -2.15. The predicted molar refractivity (Wildman–Crippen MR) is 353 cm³/mol. The molecule has 0 atom stereocenters. The highest BCUT2D eigenvalue weighted by molar-refractivity contribution is 6.21. The molecule has 0 aliphatic rings. The van der Waals surface area contributed by atoms with Gasteiger partial charge in [0.15, 0.2) is 0 Å². The van der Waals surface area contributed by atoms with Crippen LogP contribution in [0.2, 0.25) is 0 Å². The lowest BCUT2D eigenvalue weighted by molar-refractivity contribution is 1.32. The fraction of sp³-hybridized carbons (Fsp3) is 0. The zero-order valence-electron chi connectivity index (χ0n) is 46.2. The Bertz CT molecular complexity index is 7370. The molecule has 0 unspecified atom stereocenters. The molecule has 14 heterocycles. The first-order valence-corrected chi connectivity index (χ1v) is 29.3. The van der Waals surface area contributed by atoms with E-state index < -0.39 is 0 Å². The van der Waals surface area contributed by atoms with E-state index in [1.807, 2.05) is 91.0 Å². The van der Waals surface area contributed by atoms with Gasteiger partial charge in [0.2, 0.25) is 0 Å². The van der Waals surface area contributed by atoms with Crippen LogP contribution in [0.15, 0.2) is 170 Å². The van der Waals surface area contributed by atoms with Crippen molar-refractivity contribution in [2.45, 2.75) is 0 Å². The lowest BCUT2D eigenvalue weighted by atomic mass is 9.96. The Kier molecular flexibility index (Phi) is 7.93. The average molecular weight is 1150 g/mol. The van der Waals surface area contributed by atoms with E-state index >= 15 is 0 Å². The zero-order valence-corrected chi connectivity index (χ0v) is 46.2. The van der Waals surface area contributed by atoms with Gasteiger partial charge in [-0.1, -0.05) is 66.7 Å². The summed E-state index contributed by atoms with van der Waals surface area (Å²) in [4.78, 5) is 97.2. The summed E-state index contributed by atoms with van der Waals surface area (Å²) in [6.07, 6.45) is 0.